The highest BCUT2D eigenvalue weighted by molar-refractivity contribution is 5.83. The molecule has 1 N–H and O–H groups in total. The Bertz CT molecular complexity index is 899. The molecule has 2 aromatic heterocycles. The molecule has 0 bridgehead atoms. The summed E-state index contributed by atoms with van der Waals surface area (Å²) in [5.74, 6) is -0.561. The van der Waals surface area contributed by atoms with Gasteiger partial charge in [0.25, 0.3) is 0 Å². The van der Waals surface area contributed by atoms with E-state index in [0.29, 0.717) is 19.8 Å². The van der Waals surface area contributed by atoms with Gasteiger partial charge in [0.15, 0.2) is 0 Å². The number of fused-ring (bicyclic) bond motifs is 1. The maximum atomic E-state index is 13.3. The van der Waals surface area contributed by atoms with Crippen LogP contribution in [0.3, 0.4) is 0 Å². The normalized spacial score (nSPS) is 18.3. The number of benzene rings is 1. The number of aromatic nitrogens is 2. The lowest BCUT2D eigenvalue weighted by molar-refractivity contribution is -0.0510. The molecule has 0 radical (unpaired) electrons. The third kappa shape index (κ3) is 3.84. The summed E-state index contributed by atoms with van der Waals surface area (Å²) in [5.41, 5.74) is 1.92. The fraction of sp³-hybridized carbons (Fsp3) is 0.316. The number of nitrogens with zero attached hydrogens (tertiary/aromatic N) is 2. The predicted octanol–water partition coefficient (Wildman–Crippen LogP) is 3.12. The summed E-state index contributed by atoms with van der Waals surface area (Å²) in [5, 5.41) is 1.02. The minimum Gasteiger partial charge on any atom is -0.475 e. The molecule has 1 aliphatic rings. The van der Waals surface area contributed by atoms with Crippen LogP contribution in [-0.4, -0.2) is 47.3 Å². The predicted molar refractivity (Wildman–Crippen MR) is 93.0 cm³/mol. The molecule has 3 heterocycles. The van der Waals surface area contributed by atoms with E-state index >= 15 is 0 Å². The molecule has 136 valence electrons. The van der Waals surface area contributed by atoms with Crippen molar-refractivity contribution in [3.05, 3.63) is 59.9 Å². The van der Waals surface area contributed by atoms with Gasteiger partial charge in [0.2, 0.25) is 11.8 Å². The average Bonchev–Trinajstić information content (AvgIpc) is 3.02. The van der Waals surface area contributed by atoms with Gasteiger partial charge < -0.3 is 14.5 Å². The van der Waals surface area contributed by atoms with E-state index in [1.54, 1.807) is 18.2 Å². The van der Waals surface area contributed by atoms with Gasteiger partial charge in [-0.1, -0.05) is 6.07 Å². The molecule has 4 rings (SSSR count). The second-order valence-electron chi connectivity index (χ2n) is 6.34. The molecule has 0 unspecified atom stereocenters. The molecular formula is C19H19F2N3O2. The first-order chi connectivity index (χ1) is 12.7. The third-order valence-corrected chi connectivity index (χ3v) is 4.45. The first-order valence-electron chi connectivity index (χ1n) is 8.52. The lowest BCUT2D eigenvalue weighted by Crippen LogP contribution is -2.44. The standard InChI is InChI=1S/C19H19F2N3O2/c20-14-4-5-16-13(9-22-17(16)8-14)10-24-6-7-25-15(11-24)12-26-19-3-1-2-18(21)23-19/h1-5,8-9,15,22H,6-7,10-12H2/t15-/m0/s1. The maximum Gasteiger partial charge on any atom is 0.216 e. The summed E-state index contributed by atoms with van der Waals surface area (Å²) in [6, 6.07) is 9.23. The summed E-state index contributed by atoms with van der Waals surface area (Å²) in [6.45, 7) is 3.16. The molecule has 0 spiro atoms. The molecule has 1 aromatic carbocycles. The monoisotopic (exact) mass is 359 g/mol. The Hall–Kier alpha value is -2.51. The summed E-state index contributed by atoms with van der Waals surface area (Å²) in [4.78, 5) is 9.07. The van der Waals surface area contributed by atoms with Crippen LogP contribution in [0.4, 0.5) is 8.78 Å². The van der Waals surface area contributed by atoms with Crippen LogP contribution in [0.15, 0.2) is 42.6 Å². The Labute approximate surface area is 149 Å². The van der Waals surface area contributed by atoms with Crippen LogP contribution in [0.1, 0.15) is 5.56 Å². The van der Waals surface area contributed by atoms with Gasteiger partial charge in [-0.2, -0.15) is 9.37 Å². The lowest BCUT2D eigenvalue weighted by atomic mass is 10.1. The maximum absolute atomic E-state index is 13.3. The number of morpholine rings is 1. The third-order valence-electron chi connectivity index (χ3n) is 4.45. The minimum atomic E-state index is -0.565. The van der Waals surface area contributed by atoms with Crippen LogP contribution in [0.25, 0.3) is 10.9 Å². The van der Waals surface area contributed by atoms with Crippen molar-refractivity contribution in [1.29, 1.82) is 0 Å². The van der Waals surface area contributed by atoms with E-state index in [9.17, 15) is 8.78 Å². The first kappa shape index (κ1) is 16.9. The van der Waals surface area contributed by atoms with Crippen LogP contribution < -0.4 is 4.74 Å². The molecule has 0 saturated carbocycles. The van der Waals surface area contributed by atoms with Crippen LogP contribution >= 0.6 is 0 Å². The molecule has 1 atom stereocenters. The van der Waals surface area contributed by atoms with Crippen LogP contribution in [0.5, 0.6) is 5.88 Å². The van der Waals surface area contributed by atoms with E-state index in [1.165, 1.54) is 18.2 Å². The van der Waals surface area contributed by atoms with E-state index in [0.717, 1.165) is 29.6 Å². The van der Waals surface area contributed by atoms with Crippen molar-refractivity contribution in [2.24, 2.45) is 0 Å². The number of ether oxygens (including phenoxy) is 2. The molecule has 5 nitrogen and oxygen atoms in total. The van der Waals surface area contributed by atoms with Crippen molar-refractivity contribution in [1.82, 2.24) is 14.9 Å². The van der Waals surface area contributed by atoms with Crippen LogP contribution in [-0.2, 0) is 11.3 Å². The van der Waals surface area contributed by atoms with E-state index in [4.69, 9.17) is 9.47 Å². The largest absolute Gasteiger partial charge is 0.475 e. The number of rotatable bonds is 5. The second kappa shape index (κ2) is 7.39. The van der Waals surface area contributed by atoms with Crippen molar-refractivity contribution >= 4 is 10.9 Å². The smallest absolute Gasteiger partial charge is 0.216 e. The average molecular weight is 359 g/mol. The number of pyridine rings is 1. The number of nitrogens with one attached hydrogen (secondary N) is 1. The number of hydrogen-bond donors (Lipinski definition) is 1. The number of hydrogen-bond acceptors (Lipinski definition) is 4. The molecule has 1 aliphatic heterocycles. The minimum absolute atomic E-state index is 0.114. The van der Waals surface area contributed by atoms with Crippen LogP contribution in [0, 0.1) is 11.8 Å². The summed E-state index contributed by atoms with van der Waals surface area (Å²) in [7, 11) is 0. The van der Waals surface area contributed by atoms with Crippen molar-refractivity contribution in [3.63, 3.8) is 0 Å². The SMILES string of the molecule is Fc1ccc2c(CN3CCO[C@H](COc4cccc(F)n4)C3)c[nH]c2c1. The van der Waals surface area contributed by atoms with Crippen molar-refractivity contribution in [2.75, 3.05) is 26.3 Å². The molecule has 26 heavy (non-hydrogen) atoms. The molecule has 1 fully saturated rings. The van der Waals surface area contributed by atoms with Gasteiger partial charge in [-0.05, 0) is 29.8 Å². The van der Waals surface area contributed by atoms with Gasteiger partial charge in [-0.25, -0.2) is 4.39 Å². The van der Waals surface area contributed by atoms with Gasteiger partial charge in [-0.3, -0.25) is 4.90 Å². The van der Waals surface area contributed by atoms with E-state index in [2.05, 4.69) is 14.9 Å². The number of halogens is 2. The van der Waals surface area contributed by atoms with Gasteiger partial charge in [0, 0.05) is 42.8 Å². The molecule has 0 amide bonds. The van der Waals surface area contributed by atoms with Gasteiger partial charge in [-0.15, -0.1) is 0 Å². The molecule has 0 aliphatic carbocycles. The number of aromatic amines is 1. The van der Waals surface area contributed by atoms with E-state index < -0.39 is 5.95 Å². The fourth-order valence-corrected chi connectivity index (χ4v) is 3.20. The molecule has 1 saturated heterocycles. The highest BCUT2D eigenvalue weighted by Crippen LogP contribution is 2.21. The molecule has 7 heteroatoms. The van der Waals surface area contributed by atoms with E-state index in [-0.39, 0.29) is 17.8 Å². The fourth-order valence-electron chi connectivity index (χ4n) is 3.20. The van der Waals surface area contributed by atoms with Crippen LogP contribution in [0.2, 0.25) is 0 Å². The zero-order chi connectivity index (χ0) is 17.9. The van der Waals surface area contributed by atoms with Gasteiger partial charge >= 0.3 is 0 Å². The van der Waals surface area contributed by atoms with Crippen molar-refractivity contribution in [2.45, 2.75) is 12.6 Å². The zero-order valence-electron chi connectivity index (χ0n) is 14.1. The Morgan fingerprint density at radius 2 is 2.19 bits per heavy atom. The Balaban J connectivity index is 1.37. The zero-order valence-corrected chi connectivity index (χ0v) is 14.1. The van der Waals surface area contributed by atoms with Gasteiger partial charge in [0.1, 0.15) is 18.5 Å². The molecular weight excluding hydrogens is 340 g/mol. The molecule has 3 aromatic rings. The van der Waals surface area contributed by atoms with Crippen molar-refractivity contribution < 1.29 is 18.3 Å². The summed E-state index contributed by atoms with van der Waals surface area (Å²) in [6.07, 6.45) is 1.80. The summed E-state index contributed by atoms with van der Waals surface area (Å²) < 4.78 is 37.7. The Morgan fingerprint density at radius 1 is 1.27 bits per heavy atom. The number of H-pyrrole nitrogens is 1. The Kier molecular flexibility index (Phi) is 4.81. The Morgan fingerprint density at radius 3 is 3.08 bits per heavy atom. The second-order valence-corrected chi connectivity index (χ2v) is 6.34. The lowest BCUT2D eigenvalue weighted by Gasteiger charge is -2.32. The van der Waals surface area contributed by atoms with Crippen molar-refractivity contribution in [3.8, 4) is 5.88 Å². The summed E-state index contributed by atoms with van der Waals surface area (Å²) >= 11 is 0. The van der Waals surface area contributed by atoms with E-state index in [1.807, 2.05) is 6.20 Å². The first-order valence-corrected chi connectivity index (χ1v) is 8.52. The highest BCUT2D eigenvalue weighted by atomic mass is 19.1. The van der Waals surface area contributed by atoms with Gasteiger partial charge in [0.05, 0.1) is 6.61 Å². The highest BCUT2D eigenvalue weighted by Gasteiger charge is 2.22. The quantitative estimate of drug-likeness (QED) is 0.711. The topological polar surface area (TPSA) is 50.4 Å².